The zero-order valence-corrected chi connectivity index (χ0v) is 14.4. The average molecular weight is 323 g/mol. The van der Waals surface area contributed by atoms with E-state index in [9.17, 15) is 4.79 Å². The van der Waals surface area contributed by atoms with E-state index in [4.69, 9.17) is 4.74 Å². The number of ether oxygens (including phenoxy) is 1. The lowest BCUT2D eigenvalue weighted by molar-refractivity contribution is -0.169. The zero-order chi connectivity index (χ0) is 15.7. The van der Waals surface area contributed by atoms with Gasteiger partial charge in [0.2, 0.25) is 0 Å². The van der Waals surface area contributed by atoms with Crippen LogP contribution in [0.5, 0.6) is 0 Å². The molecule has 2 amide bonds. The molecule has 3 rings (SSSR count). The predicted molar refractivity (Wildman–Crippen MR) is 87.0 cm³/mol. The van der Waals surface area contributed by atoms with Crippen LogP contribution in [-0.4, -0.2) is 41.7 Å². The molecule has 2 atom stereocenters. The van der Waals surface area contributed by atoms with E-state index in [-0.39, 0.29) is 17.5 Å². The second-order valence-electron chi connectivity index (χ2n) is 6.51. The molecule has 0 aliphatic heterocycles. The molecule has 6 heteroatoms. The highest BCUT2D eigenvalue weighted by molar-refractivity contribution is 7.09. The van der Waals surface area contributed by atoms with E-state index in [2.05, 4.69) is 10.3 Å². The third kappa shape index (κ3) is 2.74. The van der Waals surface area contributed by atoms with E-state index in [1.807, 2.05) is 26.3 Å². The van der Waals surface area contributed by atoms with Crippen molar-refractivity contribution in [1.82, 2.24) is 15.2 Å². The number of carbonyl (C=O) groups excluding carboxylic acids is 1. The van der Waals surface area contributed by atoms with Gasteiger partial charge < -0.3 is 15.0 Å². The Morgan fingerprint density at radius 2 is 2.36 bits per heavy atom. The zero-order valence-electron chi connectivity index (χ0n) is 13.6. The number of hydrogen-bond acceptors (Lipinski definition) is 4. The monoisotopic (exact) mass is 323 g/mol. The summed E-state index contributed by atoms with van der Waals surface area (Å²) in [6.07, 6.45) is 4.90. The Morgan fingerprint density at radius 3 is 2.91 bits per heavy atom. The maximum Gasteiger partial charge on any atom is 0.317 e. The van der Waals surface area contributed by atoms with Crippen molar-refractivity contribution in [2.45, 2.75) is 58.2 Å². The Balaban J connectivity index is 1.53. The van der Waals surface area contributed by atoms with E-state index >= 15 is 0 Å². The minimum atomic E-state index is -0.000855. The first kappa shape index (κ1) is 15.7. The average Bonchev–Trinajstić information content (AvgIpc) is 2.80. The van der Waals surface area contributed by atoms with Gasteiger partial charge in [-0.2, -0.15) is 0 Å². The van der Waals surface area contributed by atoms with Crippen molar-refractivity contribution < 1.29 is 9.53 Å². The molecule has 122 valence electrons. The fourth-order valence-electron chi connectivity index (χ4n) is 3.65. The van der Waals surface area contributed by atoms with Crippen LogP contribution in [-0.2, 0) is 11.3 Å². The van der Waals surface area contributed by atoms with Crippen molar-refractivity contribution in [3.8, 4) is 0 Å². The summed E-state index contributed by atoms with van der Waals surface area (Å²) in [5.41, 5.74) is 1.23. The van der Waals surface area contributed by atoms with Crippen LogP contribution in [0.3, 0.4) is 0 Å². The molecule has 2 saturated carbocycles. The molecular weight excluding hydrogens is 298 g/mol. The number of nitrogens with one attached hydrogen (secondary N) is 1. The summed E-state index contributed by atoms with van der Waals surface area (Å²) < 4.78 is 5.83. The van der Waals surface area contributed by atoms with Crippen LogP contribution < -0.4 is 5.32 Å². The molecule has 0 radical (unpaired) electrons. The van der Waals surface area contributed by atoms with Gasteiger partial charge in [-0.05, 0) is 33.1 Å². The van der Waals surface area contributed by atoms with Crippen molar-refractivity contribution >= 4 is 17.4 Å². The van der Waals surface area contributed by atoms with Crippen molar-refractivity contribution in [3.63, 3.8) is 0 Å². The summed E-state index contributed by atoms with van der Waals surface area (Å²) in [6, 6.07) is 0.268. The molecule has 2 aliphatic carbocycles. The number of rotatable bonds is 5. The summed E-state index contributed by atoms with van der Waals surface area (Å²) in [5, 5.41) is 6.21. The maximum atomic E-state index is 12.4. The SMILES string of the molecule is CCO[C@H]1C[C@H](NC(=O)N(C)Cc2nc(C)cs2)C12CCC2. The molecule has 0 unspecified atom stereocenters. The summed E-state index contributed by atoms with van der Waals surface area (Å²) in [7, 11) is 1.83. The second-order valence-corrected chi connectivity index (χ2v) is 7.45. The van der Waals surface area contributed by atoms with Crippen LogP contribution >= 0.6 is 11.3 Å². The summed E-state index contributed by atoms with van der Waals surface area (Å²) >= 11 is 1.60. The van der Waals surface area contributed by atoms with Gasteiger partial charge in [0, 0.05) is 36.2 Å². The quantitative estimate of drug-likeness (QED) is 0.906. The third-order valence-corrected chi connectivity index (χ3v) is 6.07. The van der Waals surface area contributed by atoms with Gasteiger partial charge in [-0.3, -0.25) is 0 Å². The van der Waals surface area contributed by atoms with Gasteiger partial charge in [0.05, 0.1) is 12.6 Å². The molecule has 2 fully saturated rings. The van der Waals surface area contributed by atoms with Gasteiger partial charge in [-0.15, -0.1) is 11.3 Å². The normalized spacial score (nSPS) is 25.4. The molecule has 1 spiro atoms. The predicted octanol–water partition coefficient (Wildman–Crippen LogP) is 2.94. The maximum absolute atomic E-state index is 12.4. The van der Waals surface area contributed by atoms with Crippen LogP contribution in [0.1, 0.15) is 43.3 Å². The molecule has 1 heterocycles. The molecule has 1 aromatic heterocycles. The highest BCUT2D eigenvalue weighted by atomic mass is 32.1. The Bertz CT molecular complexity index is 541. The fraction of sp³-hybridized carbons (Fsp3) is 0.750. The van der Waals surface area contributed by atoms with Crippen molar-refractivity contribution in [2.24, 2.45) is 5.41 Å². The standard InChI is InChI=1S/C16H25N3O2S/c1-4-21-13-8-12(16(13)6-5-7-16)18-15(20)19(3)9-14-17-11(2)10-22-14/h10,12-13H,4-9H2,1-3H3,(H,18,20)/t12-,13-/m0/s1. The Labute approximate surface area is 136 Å². The topological polar surface area (TPSA) is 54.5 Å². The number of aromatic nitrogens is 1. The molecule has 1 N–H and O–H groups in total. The third-order valence-electron chi connectivity index (χ3n) is 5.12. The molecule has 0 saturated heterocycles. The number of nitrogens with zero attached hydrogens (tertiary/aromatic N) is 2. The molecule has 22 heavy (non-hydrogen) atoms. The van der Waals surface area contributed by atoms with Crippen molar-refractivity contribution in [2.75, 3.05) is 13.7 Å². The largest absolute Gasteiger partial charge is 0.378 e. The first-order valence-corrected chi connectivity index (χ1v) is 8.97. The van der Waals surface area contributed by atoms with Gasteiger partial charge in [0.25, 0.3) is 0 Å². The van der Waals surface area contributed by atoms with Gasteiger partial charge in [-0.1, -0.05) is 6.42 Å². The minimum absolute atomic E-state index is 0.000855. The lowest BCUT2D eigenvalue weighted by atomic mass is 9.51. The summed E-state index contributed by atoms with van der Waals surface area (Å²) in [5.74, 6) is 0. The number of urea groups is 1. The number of amides is 2. The van der Waals surface area contributed by atoms with Crippen LogP contribution in [0.25, 0.3) is 0 Å². The second kappa shape index (κ2) is 6.16. The Kier molecular flexibility index (Phi) is 4.41. The van der Waals surface area contributed by atoms with Crippen molar-refractivity contribution in [3.05, 3.63) is 16.1 Å². The Hall–Kier alpha value is -1.14. The van der Waals surface area contributed by atoms with Crippen LogP contribution in [0.2, 0.25) is 0 Å². The van der Waals surface area contributed by atoms with E-state index in [0.717, 1.165) is 23.7 Å². The highest BCUT2D eigenvalue weighted by Gasteiger charge is 2.59. The number of thiazole rings is 1. The first-order chi connectivity index (χ1) is 10.5. The number of hydrogen-bond donors (Lipinski definition) is 1. The molecular formula is C16H25N3O2S. The van der Waals surface area contributed by atoms with E-state index < -0.39 is 0 Å². The number of aryl methyl sites for hydroxylation is 1. The van der Waals surface area contributed by atoms with Crippen LogP contribution in [0.4, 0.5) is 4.79 Å². The van der Waals surface area contributed by atoms with Crippen molar-refractivity contribution in [1.29, 1.82) is 0 Å². The smallest absolute Gasteiger partial charge is 0.317 e. The fourth-order valence-corrected chi connectivity index (χ4v) is 4.47. The lowest BCUT2D eigenvalue weighted by Gasteiger charge is -2.61. The first-order valence-electron chi connectivity index (χ1n) is 8.09. The van der Waals surface area contributed by atoms with Gasteiger partial charge >= 0.3 is 6.03 Å². The lowest BCUT2D eigenvalue weighted by Crippen LogP contribution is -2.68. The van der Waals surface area contributed by atoms with E-state index in [1.54, 1.807) is 16.2 Å². The molecule has 0 aromatic carbocycles. The molecule has 0 bridgehead atoms. The highest BCUT2D eigenvalue weighted by Crippen LogP contribution is 2.57. The van der Waals surface area contributed by atoms with Gasteiger partial charge in [0.1, 0.15) is 5.01 Å². The van der Waals surface area contributed by atoms with Gasteiger partial charge in [0.15, 0.2) is 0 Å². The minimum Gasteiger partial charge on any atom is -0.378 e. The van der Waals surface area contributed by atoms with Crippen LogP contribution in [0.15, 0.2) is 5.38 Å². The summed E-state index contributed by atoms with van der Waals surface area (Å²) in [4.78, 5) is 18.5. The molecule has 1 aromatic rings. The van der Waals surface area contributed by atoms with Gasteiger partial charge in [-0.25, -0.2) is 9.78 Å². The van der Waals surface area contributed by atoms with E-state index in [1.165, 1.54) is 19.3 Å². The Morgan fingerprint density at radius 1 is 1.59 bits per heavy atom. The molecule has 5 nitrogen and oxygen atoms in total. The van der Waals surface area contributed by atoms with E-state index in [0.29, 0.717) is 12.6 Å². The number of carbonyl (C=O) groups is 1. The summed E-state index contributed by atoms with van der Waals surface area (Å²) in [6.45, 7) is 5.35. The van der Waals surface area contributed by atoms with Crippen LogP contribution in [0, 0.1) is 12.3 Å². The molecule has 2 aliphatic rings.